The van der Waals surface area contributed by atoms with E-state index in [2.05, 4.69) is 4.98 Å². The van der Waals surface area contributed by atoms with Crippen LogP contribution in [0.1, 0.15) is 5.56 Å². The molecular weight excluding hydrogens is 232 g/mol. The first-order valence-electron chi connectivity index (χ1n) is 5.32. The van der Waals surface area contributed by atoms with Crippen LogP contribution < -0.4 is 4.87 Å². The predicted molar refractivity (Wildman–Crippen MR) is 69.4 cm³/mol. The molecule has 0 saturated heterocycles. The number of para-hydroxylation sites is 1. The summed E-state index contributed by atoms with van der Waals surface area (Å²) in [6.45, 7) is 0.580. The van der Waals surface area contributed by atoms with Gasteiger partial charge in [-0.05, 0) is 23.8 Å². The van der Waals surface area contributed by atoms with Gasteiger partial charge in [0.25, 0.3) is 0 Å². The highest BCUT2D eigenvalue weighted by Crippen LogP contribution is 2.17. The van der Waals surface area contributed by atoms with Crippen molar-refractivity contribution in [2.24, 2.45) is 0 Å². The van der Waals surface area contributed by atoms with Crippen LogP contribution in [0, 0.1) is 0 Å². The summed E-state index contributed by atoms with van der Waals surface area (Å²) in [6, 6.07) is 11.7. The number of nitrogens with zero attached hydrogens (tertiary/aromatic N) is 2. The van der Waals surface area contributed by atoms with Crippen LogP contribution in [0.5, 0.6) is 0 Å². The van der Waals surface area contributed by atoms with Gasteiger partial charge in [0.2, 0.25) is 0 Å². The summed E-state index contributed by atoms with van der Waals surface area (Å²) in [4.78, 5) is 16.0. The average molecular weight is 242 g/mol. The van der Waals surface area contributed by atoms with E-state index in [1.807, 2.05) is 36.4 Å². The van der Waals surface area contributed by atoms with Crippen molar-refractivity contribution in [1.82, 2.24) is 9.55 Å². The third-order valence-corrected chi connectivity index (χ3v) is 3.60. The Kier molecular flexibility index (Phi) is 2.49. The van der Waals surface area contributed by atoms with E-state index in [0.29, 0.717) is 6.54 Å². The molecule has 3 nitrogen and oxygen atoms in total. The molecule has 0 atom stereocenters. The number of rotatable bonds is 2. The van der Waals surface area contributed by atoms with Crippen molar-refractivity contribution in [3.8, 4) is 0 Å². The molecule has 0 saturated carbocycles. The van der Waals surface area contributed by atoms with Crippen LogP contribution in [0.25, 0.3) is 10.2 Å². The van der Waals surface area contributed by atoms with Gasteiger partial charge in [-0.3, -0.25) is 14.3 Å². The van der Waals surface area contributed by atoms with Crippen molar-refractivity contribution in [3.05, 3.63) is 64.0 Å². The van der Waals surface area contributed by atoms with Gasteiger partial charge in [0.1, 0.15) is 0 Å². The van der Waals surface area contributed by atoms with E-state index >= 15 is 0 Å². The van der Waals surface area contributed by atoms with Gasteiger partial charge in [-0.25, -0.2) is 0 Å². The number of aromatic nitrogens is 2. The van der Waals surface area contributed by atoms with E-state index in [0.717, 1.165) is 15.8 Å². The van der Waals surface area contributed by atoms with Crippen molar-refractivity contribution >= 4 is 21.6 Å². The number of thiazole rings is 1. The van der Waals surface area contributed by atoms with Gasteiger partial charge in [0.15, 0.2) is 0 Å². The number of hydrogen-bond acceptors (Lipinski definition) is 3. The van der Waals surface area contributed by atoms with Crippen LogP contribution in [0.15, 0.2) is 53.6 Å². The fraction of sp³-hybridized carbons (Fsp3) is 0.0769. The molecule has 84 valence electrons. The monoisotopic (exact) mass is 242 g/mol. The zero-order valence-electron chi connectivity index (χ0n) is 9.04. The molecule has 0 amide bonds. The maximum absolute atomic E-state index is 11.9. The Morgan fingerprint density at radius 2 is 2.06 bits per heavy atom. The minimum atomic E-state index is 0.0788. The van der Waals surface area contributed by atoms with Crippen molar-refractivity contribution in [3.63, 3.8) is 0 Å². The Labute approximate surface area is 102 Å². The molecule has 2 aromatic heterocycles. The average Bonchev–Trinajstić information content (AvgIpc) is 2.68. The molecule has 0 spiro atoms. The SMILES string of the molecule is O=c1sc2ccccc2n1Cc1cccnc1. The zero-order chi connectivity index (χ0) is 11.7. The second kappa shape index (κ2) is 4.14. The van der Waals surface area contributed by atoms with Crippen LogP contribution in [0.3, 0.4) is 0 Å². The quantitative estimate of drug-likeness (QED) is 0.692. The first-order valence-corrected chi connectivity index (χ1v) is 6.13. The molecule has 0 bridgehead atoms. The van der Waals surface area contributed by atoms with Crippen LogP contribution in [0.2, 0.25) is 0 Å². The highest BCUT2D eigenvalue weighted by Gasteiger charge is 2.06. The molecule has 0 aliphatic carbocycles. The smallest absolute Gasteiger partial charge is 0.294 e. The maximum atomic E-state index is 11.9. The van der Waals surface area contributed by atoms with Crippen LogP contribution in [-0.4, -0.2) is 9.55 Å². The van der Waals surface area contributed by atoms with Crippen molar-refractivity contribution < 1.29 is 0 Å². The molecule has 0 radical (unpaired) electrons. The topological polar surface area (TPSA) is 34.9 Å². The molecule has 0 N–H and O–H groups in total. The van der Waals surface area contributed by atoms with Gasteiger partial charge in [0, 0.05) is 12.4 Å². The molecule has 2 heterocycles. The molecule has 1 aromatic carbocycles. The number of fused-ring (bicyclic) bond motifs is 1. The summed E-state index contributed by atoms with van der Waals surface area (Å²) in [6.07, 6.45) is 3.52. The summed E-state index contributed by atoms with van der Waals surface area (Å²) < 4.78 is 2.82. The van der Waals surface area contributed by atoms with Gasteiger partial charge >= 0.3 is 4.87 Å². The standard InChI is InChI=1S/C13H10N2OS/c16-13-15(9-10-4-3-7-14-8-10)11-5-1-2-6-12(11)17-13/h1-8H,9H2. The lowest BCUT2D eigenvalue weighted by Gasteiger charge is -2.02. The zero-order valence-corrected chi connectivity index (χ0v) is 9.85. The number of benzene rings is 1. The Morgan fingerprint density at radius 1 is 1.18 bits per heavy atom. The summed E-state index contributed by atoms with van der Waals surface area (Å²) in [5.41, 5.74) is 2.03. The molecule has 4 heteroatoms. The third kappa shape index (κ3) is 1.87. The van der Waals surface area contributed by atoms with Gasteiger partial charge in [-0.15, -0.1) is 0 Å². The lowest BCUT2D eigenvalue weighted by Crippen LogP contribution is -2.13. The van der Waals surface area contributed by atoms with E-state index in [4.69, 9.17) is 0 Å². The maximum Gasteiger partial charge on any atom is 0.308 e. The van der Waals surface area contributed by atoms with Crippen LogP contribution in [-0.2, 0) is 6.54 Å². The first kappa shape index (κ1) is 10.2. The van der Waals surface area contributed by atoms with E-state index in [-0.39, 0.29) is 4.87 Å². The highest BCUT2D eigenvalue weighted by atomic mass is 32.1. The molecule has 0 fully saturated rings. The Bertz CT molecular complexity index is 700. The molecule has 0 aliphatic rings. The minimum Gasteiger partial charge on any atom is -0.294 e. The van der Waals surface area contributed by atoms with Gasteiger partial charge in [0.05, 0.1) is 16.8 Å². The van der Waals surface area contributed by atoms with E-state index < -0.39 is 0 Å². The molecule has 3 rings (SSSR count). The Morgan fingerprint density at radius 3 is 2.88 bits per heavy atom. The Balaban J connectivity index is 2.12. The molecular formula is C13H10N2OS. The lowest BCUT2D eigenvalue weighted by atomic mass is 10.2. The number of hydrogen-bond donors (Lipinski definition) is 0. The van der Waals surface area contributed by atoms with E-state index in [9.17, 15) is 4.79 Å². The van der Waals surface area contributed by atoms with Crippen molar-refractivity contribution in [2.75, 3.05) is 0 Å². The predicted octanol–water partition coefficient (Wildman–Crippen LogP) is 2.51. The van der Waals surface area contributed by atoms with E-state index in [1.54, 1.807) is 17.0 Å². The van der Waals surface area contributed by atoms with Crippen molar-refractivity contribution in [2.45, 2.75) is 6.54 Å². The normalized spacial score (nSPS) is 10.8. The largest absolute Gasteiger partial charge is 0.308 e. The van der Waals surface area contributed by atoms with Gasteiger partial charge < -0.3 is 0 Å². The Hall–Kier alpha value is -1.94. The molecule has 3 aromatic rings. The summed E-state index contributed by atoms with van der Waals surface area (Å²) in [5.74, 6) is 0. The molecule has 0 unspecified atom stereocenters. The lowest BCUT2D eigenvalue weighted by molar-refractivity contribution is 0.811. The summed E-state index contributed by atoms with van der Waals surface area (Å²) in [5, 5.41) is 0. The van der Waals surface area contributed by atoms with Gasteiger partial charge in [-0.1, -0.05) is 29.5 Å². The van der Waals surface area contributed by atoms with E-state index in [1.165, 1.54) is 11.3 Å². The molecule has 17 heavy (non-hydrogen) atoms. The van der Waals surface area contributed by atoms with Crippen LogP contribution in [0.4, 0.5) is 0 Å². The fourth-order valence-corrected chi connectivity index (χ4v) is 2.73. The second-order valence-electron chi connectivity index (χ2n) is 3.78. The molecule has 0 aliphatic heterocycles. The highest BCUT2D eigenvalue weighted by molar-refractivity contribution is 7.16. The second-order valence-corrected chi connectivity index (χ2v) is 4.78. The van der Waals surface area contributed by atoms with Gasteiger partial charge in [-0.2, -0.15) is 0 Å². The van der Waals surface area contributed by atoms with Crippen LogP contribution >= 0.6 is 11.3 Å². The fourth-order valence-electron chi connectivity index (χ4n) is 1.84. The third-order valence-electron chi connectivity index (χ3n) is 2.64. The first-order chi connectivity index (χ1) is 8.34. The summed E-state index contributed by atoms with van der Waals surface area (Å²) in [7, 11) is 0. The number of pyridine rings is 1. The van der Waals surface area contributed by atoms with Crippen molar-refractivity contribution in [1.29, 1.82) is 0 Å². The summed E-state index contributed by atoms with van der Waals surface area (Å²) >= 11 is 1.28. The minimum absolute atomic E-state index is 0.0788.